The Hall–Kier alpha value is -1.84. The first-order valence-electron chi connectivity index (χ1n) is 3.78. The maximum absolute atomic E-state index is 7.28. The molecule has 0 saturated carbocycles. The van der Waals surface area contributed by atoms with Crippen LogP contribution in [0.25, 0.3) is 6.08 Å². The zero-order chi connectivity index (χ0) is 9.26. The minimum Gasteiger partial charge on any atom is -0.477 e. The molecular weight excluding hydrogens is 166 g/mol. The zero-order valence-electron chi connectivity index (χ0n) is 6.82. The van der Waals surface area contributed by atoms with Gasteiger partial charge in [-0.15, -0.1) is 0 Å². The third kappa shape index (κ3) is 1.26. The van der Waals surface area contributed by atoms with Crippen LogP contribution in [-0.4, -0.2) is 10.8 Å². The molecule has 0 aliphatic carbocycles. The van der Waals surface area contributed by atoms with Crippen LogP contribution in [0, 0.1) is 11.5 Å². The predicted molar refractivity (Wildman–Crippen MR) is 48.6 cm³/mol. The second kappa shape index (κ2) is 2.90. The fraction of sp³-hybridized carbons (Fsp3) is 0. The summed E-state index contributed by atoms with van der Waals surface area (Å²) in [5.74, 6) is -0.0724. The first kappa shape index (κ1) is 7.79. The van der Waals surface area contributed by atoms with Crippen LogP contribution in [0.5, 0.6) is 0 Å². The van der Waals surface area contributed by atoms with E-state index in [4.69, 9.17) is 15.9 Å². The van der Waals surface area contributed by atoms with Gasteiger partial charge in [-0.3, -0.25) is 10.4 Å². The van der Waals surface area contributed by atoms with Crippen molar-refractivity contribution in [3.05, 3.63) is 42.0 Å². The molecule has 0 saturated heterocycles. The topological polar surface area (TPSA) is 72.0 Å². The highest BCUT2D eigenvalue weighted by atomic mass is 16.5. The Kier molecular flexibility index (Phi) is 1.73. The van der Waals surface area contributed by atoms with E-state index in [9.17, 15) is 0 Å². The Morgan fingerprint density at radius 1 is 1.54 bits per heavy atom. The SMILES string of the molecule is N=C(N)[C]1OC=Cc2cnccc21. The van der Waals surface area contributed by atoms with Crippen LogP contribution >= 0.6 is 0 Å². The summed E-state index contributed by atoms with van der Waals surface area (Å²) in [6.45, 7) is 0. The third-order valence-electron chi connectivity index (χ3n) is 1.77. The Balaban J connectivity index is 2.49. The molecule has 1 radical (unpaired) electrons. The van der Waals surface area contributed by atoms with E-state index in [0.717, 1.165) is 11.1 Å². The van der Waals surface area contributed by atoms with Gasteiger partial charge in [0, 0.05) is 23.5 Å². The van der Waals surface area contributed by atoms with Gasteiger partial charge in [-0.25, -0.2) is 0 Å². The molecule has 1 aliphatic heterocycles. The fourth-order valence-electron chi connectivity index (χ4n) is 1.19. The molecular formula is C9H8N3O. The number of aromatic nitrogens is 1. The minimum absolute atomic E-state index is 0.0724. The average Bonchev–Trinajstić information content (AvgIpc) is 2.17. The summed E-state index contributed by atoms with van der Waals surface area (Å²) < 4.78 is 5.12. The summed E-state index contributed by atoms with van der Waals surface area (Å²) in [4.78, 5) is 3.96. The number of hydrogen-bond acceptors (Lipinski definition) is 3. The lowest BCUT2D eigenvalue weighted by Gasteiger charge is -2.18. The predicted octanol–water partition coefficient (Wildman–Crippen LogP) is 0.899. The third-order valence-corrected chi connectivity index (χ3v) is 1.77. The molecule has 1 aromatic rings. The van der Waals surface area contributed by atoms with Gasteiger partial charge in [0.15, 0.2) is 0 Å². The molecule has 2 rings (SSSR count). The van der Waals surface area contributed by atoms with Gasteiger partial charge in [0.25, 0.3) is 0 Å². The van der Waals surface area contributed by atoms with E-state index in [1.807, 2.05) is 0 Å². The summed E-state index contributed by atoms with van der Waals surface area (Å²) in [6.07, 6.45) is 7.02. The lowest BCUT2D eigenvalue weighted by Crippen LogP contribution is -2.24. The highest BCUT2D eigenvalue weighted by Crippen LogP contribution is 2.25. The van der Waals surface area contributed by atoms with Crippen molar-refractivity contribution in [3.8, 4) is 0 Å². The van der Waals surface area contributed by atoms with E-state index < -0.39 is 0 Å². The van der Waals surface area contributed by atoms with Crippen molar-refractivity contribution in [2.45, 2.75) is 0 Å². The molecule has 4 nitrogen and oxygen atoms in total. The maximum atomic E-state index is 7.28. The van der Waals surface area contributed by atoms with Crippen molar-refractivity contribution in [2.24, 2.45) is 5.73 Å². The number of pyridine rings is 1. The Morgan fingerprint density at radius 3 is 3.15 bits per heavy atom. The number of fused-ring (bicyclic) bond motifs is 1. The summed E-state index contributed by atoms with van der Waals surface area (Å²) in [5, 5.41) is 7.28. The molecule has 0 fully saturated rings. The van der Waals surface area contributed by atoms with E-state index >= 15 is 0 Å². The van der Waals surface area contributed by atoms with E-state index in [0.29, 0.717) is 6.10 Å². The molecule has 65 valence electrons. The Bertz CT molecular complexity index is 373. The van der Waals surface area contributed by atoms with Gasteiger partial charge in [0.05, 0.1) is 6.26 Å². The first-order chi connectivity index (χ1) is 6.29. The fourth-order valence-corrected chi connectivity index (χ4v) is 1.19. The van der Waals surface area contributed by atoms with E-state index in [1.165, 1.54) is 6.26 Å². The number of amidine groups is 1. The second-order valence-corrected chi connectivity index (χ2v) is 2.63. The van der Waals surface area contributed by atoms with Gasteiger partial charge in [-0.05, 0) is 12.1 Å². The van der Waals surface area contributed by atoms with Crippen LogP contribution in [0.2, 0.25) is 0 Å². The van der Waals surface area contributed by atoms with Crippen molar-refractivity contribution in [1.82, 2.24) is 4.98 Å². The number of nitrogens with two attached hydrogens (primary N) is 1. The number of ether oxygens (including phenoxy) is 1. The zero-order valence-corrected chi connectivity index (χ0v) is 6.82. The van der Waals surface area contributed by atoms with Gasteiger partial charge in [-0.2, -0.15) is 0 Å². The summed E-state index contributed by atoms with van der Waals surface area (Å²) in [5.41, 5.74) is 7.07. The largest absolute Gasteiger partial charge is 0.477 e. The van der Waals surface area contributed by atoms with Gasteiger partial charge in [0.2, 0.25) is 6.10 Å². The highest BCUT2D eigenvalue weighted by Gasteiger charge is 2.22. The second-order valence-electron chi connectivity index (χ2n) is 2.63. The molecule has 1 aromatic heterocycles. The van der Waals surface area contributed by atoms with Gasteiger partial charge < -0.3 is 10.5 Å². The van der Waals surface area contributed by atoms with Crippen LogP contribution in [0.4, 0.5) is 0 Å². The molecule has 1 aliphatic rings. The standard InChI is InChI=1S/C9H8N3O/c10-9(11)8-7-1-3-12-5-6(7)2-4-13-8/h1-5H,(H3,10,11). The molecule has 0 unspecified atom stereocenters. The quantitative estimate of drug-likeness (QED) is 0.490. The van der Waals surface area contributed by atoms with Crippen molar-refractivity contribution in [2.75, 3.05) is 0 Å². The van der Waals surface area contributed by atoms with Crippen LogP contribution in [-0.2, 0) is 4.74 Å². The average molecular weight is 174 g/mol. The van der Waals surface area contributed by atoms with Gasteiger partial charge in [0.1, 0.15) is 5.84 Å². The van der Waals surface area contributed by atoms with E-state index in [-0.39, 0.29) is 5.84 Å². The van der Waals surface area contributed by atoms with Crippen LogP contribution in [0.3, 0.4) is 0 Å². The van der Waals surface area contributed by atoms with E-state index in [1.54, 1.807) is 24.5 Å². The highest BCUT2D eigenvalue weighted by molar-refractivity contribution is 5.95. The lowest BCUT2D eigenvalue weighted by atomic mass is 10.0. The maximum Gasteiger partial charge on any atom is 0.240 e. The van der Waals surface area contributed by atoms with Gasteiger partial charge in [-0.1, -0.05) is 0 Å². The number of rotatable bonds is 1. The molecule has 0 spiro atoms. The normalized spacial score (nSPS) is 14.8. The monoisotopic (exact) mass is 174 g/mol. The van der Waals surface area contributed by atoms with Crippen LogP contribution in [0.15, 0.2) is 24.7 Å². The van der Waals surface area contributed by atoms with Crippen molar-refractivity contribution in [3.63, 3.8) is 0 Å². The Labute approximate surface area is 75.6 Å². The summed E-state index contributed by atoms with van der Waals surface area (Å²) >= 11 is 0. The minimum atomic E-state index is -0.0724. The molecule has 0 atom stereocenters. The molecule has 13 heavy (non-hydrogen) atoms. The van der Waals surface area contributed by atoms with Crippen molar-refractivity contribution in [1.29, 1.82) is 5.41 Å². The van der Waals surface area contributed by atoms with Crippen LogP contribution < -0.4 is 5.73 Å². The number of hydrogen-bond donors (Lipinski definition) is 2. The summed E-state index contributed by atoms with van der Waals surface area (Å²) in [6, 6.07) is 1.77. The molecule has 2 heterocycles. The molecule has 0 aromatic carbocycles. The van der Waals surface area contributed by atoms with Crippen LogP contribution in [0.1, 0.15) is 11.1 Å². The number of nitrogens with one attached hydrogen (secondary N) is 1. The molecule has 3 N–H and O–H groups in total. The van der Waals surface area contributed by atoms with Crippen molar-refractivity contribution < 1.29 is 4.74 Å². The van der Waals surface area contributed by atoms with Gasteiger partial charge >= 0.3 is 0 Å². The van der Waals surface area contributed by atoms with Crippen molar-refractivity contribution >= 4 is 11.9 Å². The lowest BCUT2D eigenvalue weighted by molar-refractivity contribution is 0.317. The smallest absolute Gasteiger partial charge is 0.240 e. The molecule has 0 bridgehead atoms. The van der Waals surface area contributed by atoms with E-state index in [2.05, 4.69) is 4.98 Å². The number of nitrogens with zero attached hydrogens (tertiary/aromatic N) is 1. The molecule has 4 heteroatoms. The Morgan fingerprint density at radius 2 is 2.38 bits per heavy atom. The summed E-state index contributed by atoms with van der Waals surface area (Å²) in [7, 11) is 0. The first-order valence-corrected chi connectivity index (χ1v) is 3.78. The molecule has 0 amide bonds.